The molecule has 2 rings (SSSR count). The first-order chi connectivity index (χ1) is 8.56. The third kappa shape index (κ3) is 2.84. The Hall–Kier alpha value is -1.95. The quantitative estimate of drug-likeness (QED) is 0.871. The van der Waals surface area contributed by atoms with Crippen LogP contribution in [0.25, 0.3) is 0 Å². The van der Waals surface area contributed by atoms with Crippen LogP contribution in [0, 0.1) is 5.82 Å². The zero-order chi connectivity index (χ0) is 13.1. The zero-order valence-electron chi connectivity index (χ0n) is 10.2. The summed E-state index contributed by atoms with van der Waals surface area (Å²) in [6.45, 7) is 3.68. The van der Waals surface area contributed by atoms with Gasteiger partial charge in [0.15, 0.2) is 0 Å². The predicted octanol–water partition coefficient (Wildman–Crippen LogP) is 2.40. The van der Waals surface area contributed by atoms with Crippen LogP contribution in [0.4, 0.5) is 10.4 Å². The molecule has 18 heavy (non-hydrogen) atoms. The molecule has 3 N–H and O–H groups in total. The van der Waals surface area contributed by atoms with E-state index >= 15 is 0 Å². The summed E-state index contributed by atoms with van der Waals surface area (Å²) in [6.07, 6.45) is 0. The van der Waals surface area contributed by atoms with Crippen LogP contribution in [-0.2, 0) is 0 Å². The van der Waals surface area contributed by atoms with Crippen molar-refractivity contribution in [2.45, 2.75) is 25.9 Å². The minimum absolute atomic E-state index is 0.0630. The van der Waals surface area contributed by atoms with Gasteiger partial charge in [0.2, 0.25) is 5.89 Å². The number of halogens is 1. The molecule has 5 nitrogen and oxygen atoms in total. The molecule has 0 saturated carbocycles. The van der Waals surface area contributed by atoms with Crippen LogP contribution in [0.2, 0.25) is 0 Å². The Balaban J connectivity index is 2.06. The molecule has 0 radical (unpaired) electrons. The molecule has 0 aliphatic heterocycles. The fourth-order valence-corrected chi connectivity index (χ4v) is 1.50. The largest absolute Gasteiger partial charge is 0.406 e. The standard InChI is InChI=1S/C12H15FN4O/c1-7(14)11-16-17-12(18-11)15-8(2)9-3-5-10(13)6-4-9/h3-8H,14H2,1-2H3,(H,15,17). The highest BCUT2D eigenvalue weighted by molar-refractivity contribution is 5.28. The van der Waals surface area contributed by atoms with Crippen LogP contribution >= 0.6 is 0 Å². The summed E-state index contributed by atoms with van der Waals surface area (Å²) in [4.78, 5) is 0. The highest BCUT2D eigenvalue weighted by atomic mass is 19.1. The summed E-state index contributed by atoms with van der Waals surface area (Å²) in [5.74, 6) is 0.117. The maximum Gasteiger partial charge on any atom is 0.315 e. The van der Waals surface area contributed by atoms with Crippen molar-refractivity contribution in [1.29, 1.82) is 0 Å². The van der Waals surface area contributed by atoms with Gasteiger partial charge in [-0.1, -0.05) is 17.2 Å². The number of benzene rings is 1. The van der Waals surface area contributed by atoms with Gasteiger partial charge in [-0.05, 0) is 31.5 Å². The van der Waals surface area contributed by atoms with E-state index < -0.39 is 0 Å². The number of nitrogens with zero attached hydrogens (tertiary/aromatic N) is 2. The number of hydrogen-bond acceptors (Lipinski definition) is 5. The Bertz CT molecular complexity index is 509. The Morgan fingerprint density at radius 3 is 2.44 bits per heavy atom. The first-order valence-corrected chi connectivity index (χ1v) is 5.67. The molecule has 6 heteroatoms. The third-order valence-electron chi connectivity index (χ3n) is 2.54. The van der Waals surface area contributed by atoms with Crippen molar-refractivity contribution in [2.75, 3.05) is 5.32 Å². The van der Waals surface area contributed by atoms with E-state index in [0.717, 1.165) is 5.56 Å². The lowest BCUT2D eigenvalue weighted by Crippen LogP contribution is -2.07. The Labute approximate surface area is 104 Å². The van der Waals surface area contributed by atoms with Gasteiger partial charge in [0.1, 0.15) is 5.82 Å². The first kappa shape index (κ1) is 12.5. The number of nitrogens with one attached hydrogen (secondary N) is 1. The van der Waals surface area contributed by atoms with E-state index in [1.165, 1.54) is 12.1 Å². The molecule has 0 aliphatic rings. The van der Waals surface area contributed by atoms with Crippen molar-refractivity contribution in [3.63, 3.8) is 0 Å². The molecule has 2 unspecified atom stereocenters. The van der Waals surface area contributed by atoms with E-state index in [-0.39, 0.29) is 17.9 Å². The number of aromatic nitrogens is 2. The molecule has 0 aliphatic carbocycles. The lowest BCUT2D eigenvalue weighted by atomic mass is 10.1. The molecule has 1 heterocycles. The zero-order valence-corrected chi connectivity index (χ0v) is 10.2. The van der Waals surface area contributed by atoms with Gasteiger partial charge in [-0.25, -0.2) is 4.39 Å². The van der Waals surface area contributed by atoms with E-state index in [1.807, 2.05) is 6.92 Å². The highest BCUT2D eigenvalue weighted by Crippen LogP contribution is 2.19. The van der Waals surface area contributed by atoms with Gasteiger partial charge < -0.3 is 15.5 Å². The summed E-state index contributed by atoms with van der Waals surface area (Å²) in [5, 5.41) is 10.7. The lowest BCUT2D eigenvalue weighted by molar-refractivity contribution is 0.470. The molecule has 0 saturated heterocycles. The van der Waals surface area contributed by atoms with Crippen molar-refractivity contribution in [3.05, 3.63) is 41.5 Å². The smallest absolute Gasteiger partial charge is 0.315 e. The lowest BCUT2D eigenvalue weighted by Gasteiger charge is -2.11. The Kier molecular flexibility index (Phi) is 3.57. The predicted molar refractivity (Wildman–Crippen MR) is 65.3 cm³/mol. The van der Waals surface area contributed by atoms with Crippen molar-refractivity contribution in [1.82, 2.24) is 10.2 Å². The number of anilines is 1. The topological polar surface area (TPSA) is 77.0 Å². The van der Waals surface area contributed by atoms with Gasteiger partial charge in [-0.15, -0.1) is 5.10 Å². The number of hydrogen-bond donors (Lipinski definition) is 2. The van der Waals surface area contributed by atoms with E-state index in [2.05, 4.69) is 15.5 Å². The van der Waals surface area contributed by atoms with Crippen LogP contribution in [0.5, 0.6) is 0 Å². The minimum Gasteiger partial charge on any atom is -0.406 e. The van der Waals surface area contributed by atoms with Crippen LogP contribution in [0.1, 0.15) is 37.4 Å². The maximum absolute atomic E-state index is 12.8. The van der Waals surface area contributed by atoms with Crippen LogP contribution in [0.15, 0.2) is 28.7 Å². The molecule has 1 aromatic carbocycles. The average Bonchev–Trinajstić information content (AvgIpc) is 2.78. The molecule has 2 atom stereocenters. The molecule has 2 aromatic rings. The summed E-state index contributed by atoms with van der Waals surface area (Å²) < 4.78 is 18.1. The molecular formula is C12H15FN4O. The normalized spacial score (nSPS) is 14.2. The molecule has 0 amide bonds. The van der Waals surface area contributed by atoms with E-state index in [9.17, 15) is 4.39 Å². The number of nitrogens with two attached hydrogens (primary N) is 1. The minimum atomic E-state index is -0.297. The van der Waals surface area contributed by atoms with Gasteiger partial charge in [-0.2, -0.15) is 0 Å². The average molecular weight is 250 g/mol. The van der Waals surface area contributed by atoms with Gasteiger partial charge >= 0.3 is 6.01 Å². The van der Waals surface area contributed by atoms with Gasteiger partial charge in [0.05, 0.1) is 12.1 Å². The molecule has 1 aromatic heterocycles. The maximum atomic E-state index is 12.8. The van der Waals surface area contributed by atoms with Crippen molar-refractivity contribution in [3.8, 4) is 0 Å². The summed E-state index contributed by atoms with van der Waals surface area (Å²) in [5.41, 5.74) is 6.55. The van der Waals surface area contributed by atoms with Crippen molar-refractivity contribution in [2.24, 2.45) is 5.73 Å². The van der Waals surface area contributed by atoms with Gasteiger partial charge in [-0.3, -0.25) is 0 Å². The molecule has 0 fully saturated rings. The highest BCUT2D eigenvalue weighted by Gasteiger charge is 2.12. The van der Waals surface area contributed by atoms with E-state index in [0.29, 0.717) is 11.9 Å². The molecule has 0 spiro atoms. The fraction of sp³-hybridized carbons (Fsp3) is 0.333. The third-order valence-corrected chi connectivity index (χ3v) is 2.54. The molecule has 96 valence electrons. The van der Waals surface area contributed by atoms with Gasteiger partial charge in [0.25, 0.3) is 0 Å². The SMILES string of the molecule is CC(N)c1nnc(NC(C)c2ccc(F)cc2)o1. The second-order valence-corrected chi connectivity index (χ2v) is 4.15. The van der Waals surface area contributed by atoms with Crippen LogP contribution in [0.3, 0.4) is 0 Å². The Morgan fingerprint density at radius 1 is 1.22 bits per heavy atom. The number of rotatable bonds is 4. The second kappa shape index (κ2) is 5.14. The second-order valence-electron chi connectivity index (χ2n) is 4.15. The van der Waals surface area contributed by atoms with Crippen molar-refractivity contribution < 1.29 is 8.81 Å². The molecular weight excluding hydrogens is 235 g/mol. The summed E-state index contributed by atoms with van der Waals surface area (Å²) >= 11 is 0. The Morgan fingerprint density at radius 2 is 1.89 bits per heavy atom. The van der Waals surface area contributed by atoms with E-state index in [1.54, 1.807) is 19.1 Å². The summed E-state index contributed by atoms with van der Waals surface area (Å²) in [7, 11) is 0. The van der Waals surface area contributed by atoms with Crippen LogP contribution in [-0.4, -0.2) is 10.2 Å². The summed E-state index contributed by atoms with van der Waals surface area (Å²) in [6, 6.07) is 6.18. The molecule has 0 bridgehead atoms. The fourth-order valence-electron chi connectivity index (χ4n) is 1.50. The van der Waals surface area contributed by atoms with Crippen LogP contribution < -0.4 is 11.1 Å². The van der Waals surface area contributed by atoms with E-state index in [4.69, 9.17) is 10.2 Å². The van der Waals surface area contributed by atoms with Crippen molar-refractivity contribution >= 4 is 6.01 Å². The monoisotopic (exact) mass is 250 g/mol. The first-order valence-electron chi connectivity index (χ1n) is 5.67. The van der Waals surface area contributed by atoms with Gasteiger partial charge in [0, 0.05) is 0 Å².